The third-order valence-corrected chi connectivity index (χ3v) is 3.63. The van der Waals surface area contributed by atoms with E-state index in [1.165, 1.54) is 17.4 Å². The van der Waals surface area contributed by atoms with Crippen LogP contribution in [-0.4, -0.2) is 17.3 Å². The molecule has 1 aromatic carbocycles. The molecule has 0 radical (unpaired) electrons. The van der Waals surface area contributed by atoms with Crippen LogP contribution in [-0.2, 0) is 17.6 Å². The summed E-state index contributed by atoms with van der Waals surface area (Å²) in [6.45, 7) is 2.26. The third kappa shape index (κ3) is 1.62. The van der Waals surface area contributed by atoms with Crippen LogP contribution in [0.1, 0.15) is 31.0 Å². The number of ether oxygens (including phenoxy) is 1. The highest BCUT2D eigenvalue weighted by molar-refractivity contribution is 5.93. The van der Waals surface area contributed by atoms with E-state index < -0.39 is 0 Å². The van der Waals surface area contributed by atoms with Crippen LogP contribution in [0.15, 0.2) is 24.3 Å². The molecule has 94 valence electrons. The van der Waals surface area contributed by atoms with Crippen LogP contribution < -0.4 is 0 Å². The van der Waals surface area contributed by atoms with E-state index in [1.54, 1.807) is 4.57 Å². The normalized spacial score (nSPS) is 14.5. The number of carbonyl (C=O) groups is 1. The molecule has 1 aliphatic rings. The average molecular weight is 243 g/mol. The number of fused-ring (bicyclic) bond motifs is 3. The molecular weight excluding hydrogens is 226 g/mol. The number of carbonyl (C=O) groups excluding carboxylic acids is 1. The molecule has 0 fully saturated rings. The first kappa shape index (κ1) is 11.3. The van der Waals surface area contributed by atoms with Gasteiger partial charge >= 0.3 is 6.09 Å². The molecule has 0 saturated heterocycles. The molecule has 1 heterocycles. The number of aromatic nitrogens is 1. The van der Waals surface area contributed by atoms with E-state index in [-0.39, 0.29) is 6.09 Å². The quantitative estimate of drug-likeness (QED) is 0.767. The Morgan fingerprint density at radius 3 is 2.89 bits per heavy atom. The number of aryl methyl sites for hydroxylation is 1. The Bertz CT molecular complexity index is 598. The van der Waals surface area contributed by atoms with Crippen molar-refractivity contribution in [3.05, 3.63) is 35.5 Å². The lowest BCUT2D eigenvalue weighted by Crippen LogP contribution is -2.18. The predicted molar refractivity (Wildman–Crippen MR) is 71.0 cm³/mol. The van der Waals surface area contributed by atoms with Gasteiger partial charge in [0.25, 0.3) is 0 Å². The first-order valence-corrected chi connectivity index (χ1v) is 6.61. The molecule has 3 rings (SSSR count). The molecule has 1 aliphatic carbocycles. The molecular formula is C15H17NO2. The second-order valence-corrected chi connectivity index (χ2v) is 4.68. The van der Waals surface area contributed by atoms with Crippen molar-refractivity contribution in [3.63, 3.8) is 0 Å². The third-order valence-electron chi connectivity index (χ3n) is 3.63. The molecule has 18 heavy (non-hydrogen) atoms. The van der Waals surface area contributed by atoms with Crippen LogP contribution in [0, 0.1) is 0 Å². The van der Waals surface area contributed by atoms with Crippen LogP contribution in [0.3, 0.4) is 0 Å². The minimum absolute atomic E-state index is 0.239. The van der Waals surface area contributed by atoms with Crippen molar-refractivity contribution in [2.24, 2.45) is 0 Å². The summed E-state index contributed by atoms with van der Waals surface area (Å²) in [5.74, 6) is 0. The number of rotatable bonds is 1. The summed E-state index contributed by atoms with van der Waals surface area (Å²) in [7, 11) is 0. The largest absolute Gasteiger partial charge is 0.449 e. The fourth-order valence-corrected chi connectivity index (χ4v) is 2.89. The fraction of sp³-hybridized carbons (Fsp3) is 0.400. The minimum atomic E-state index is -0.239. The highest BCUT2D eigenvalue weighted by atomic mass is 16.5. The van der Waals surface area contributed by atoms with Crippen molar-refractivity contribution in [2.45, 2.75) is 32.6 Å². The van der Waals surface area contributed by atoms with E-state index in [9.17, 15) is 4.79 Å². The van der Waals surface area contributed by atoms with E-state index in [2.05, 4.69) is 6.07 Å². The predicted octanol–water partition coefficient (Wildman–Crippen LogP) is 3.52. The van der Waals surface area contributed by atoms with Crippen molar-refractivity contribution in [1.29, 1.82) is 0 Å². The van der Waals surface area contributed by atoms with E-state index in [4.69, 9.17) is 4.74 Å². The van der Waals surface area contributed by atoms with Crippen LogP contribution in [0.4, 0.5) is 4.79 Å². The SMILES string of the molecule is CCOC(=O)n1c2c(c3ccccc31)CCCC2. The molecule has 3 heteroatoms. The Balaban J connectivity index is 2.25. The van der Waals surface area contributed by atoms with Gasteiger partial charge in [-0.15, -0.1) is 0 Å². The zero-order valence-electron chi connectivity index (χ0n) is 10.6. The number of nitrogens with zero attached hydrogens (tertiary/aromatic N) is 1. The van der Waals surface area contributed by atoms with Gasteiger partial charge in [0.2, 0.25) is 0 Å². The molecule has 0 atom stereocenters. The van der Waals surface area contributed by atoms with Gasteiger partial charge in [0.1, 0.15) is 0 Å². The molecule has 0 N–H and O–H groups in total. The summed E-state index contributed by atoms with van der Waals surface area (Å²) in [6, 6.07) is 8.12. The first-order chi connectivity index (χ1) is 8.83. The van der Waals surface area contributed by atoms with Gasteiger partial charge in [0, 0.05) is 11.1 Å². The van der Waals surface area contributed by atoms with Gasteiger partial charge in [0.15, 0.2) is 0 Å². The van der Waals surface area contributed by atoms with Gasteiger partial charge in [-0.3, -0.25) is 0 Å². The second-order valence-electron chi connectivity index (χ2n) is 4.68. The topological polar surface area (TPSA) is 31.2 Å². The van der Waals surface area contributed by atoms with Crippen molar-refractivity contribution in [2.75, 3.05) is 6.61 Å². The molecule has 1 aromatic heterocycles. The van der Waals surface area contributed by atoms with Crippen LogP contribution >= 0.6 is 0 Å². The zero-order chi connectivity index (χ0) is 12.5. The number of para-hydroxylation sites is 1. The molecule has 0 saturated carbocycles. The lowest BCUT2D eigenvalue weighted by molar-refractivity contribution is 0.154. The van der Waals surface area contributed by atoms with E-state index in [1.807, 2.05) is 25.1 Å². The van der Waals surface area contributed by atoms with Crippen molar-refractivity contribution in [1.82, 2.24) is 4.57 Å². The summed E-state index contributed by atoms with van der Waals surface area (Å²) in [6.07, 6.45) is 4.18. The maximum absolute atomic E-state index is 12.1. The second kappa shape index (κ2) is 4.48. The van der Waals surface area contributed by atoms with Crippen molar-refractivity contribution < 1.29 is 9.53 Å². The van der Waals surface area contributed by atoms with E-state index in [0.717, 1.165) is 30.5 Å². The number of hydrogen-bond acceptors (Lipinski definition) is 2. The summed E-state index contributed by atoms with van der Waals surface area (Å²) >= 11 is 0. The maximum Gasteiger partial charge on any atom is 0.418 e. The highest BCUT2D eigenvalue weighted by Crippen LogP contribution is 2.32. The molecule has 0 aliphatic heterocycles. The van der Waals surface area contributed by atoms with E-state index in [0.29, 0.717) is 6.61 Å². The Morgan fingerprint density at radius 1 is 1.28 bits per heavy atom. The van der Waals surface area contributed by atoms with Gasteiger partial charge in [-0.1, -0.05) is 18.2 Å². The van der Waals surface area contributed by atoms with Gasteiger partial charge in [0.05, 0.1) is 12.1 Å². The van der Waals surface area contributed by atoms with Gasteiger partial charge in [-0.2, -0.15) is 0 Å². The van der Waals surface area contributed by atoms with Crippen LogP contribution in [0.5, 0.6) is 0 Å². The molecule has 0 amide bonds. The van der Waals surface area contributed by atoms with Crippen molar-refractivity contribution >= 4 is 17.0 Å². The monoisotopic (exact) mass is 243 g/mol. The van der Waals surface area contributed by atoms with Crippen molar-refractivity contribution in [3.8, 4) is 0 Å². The molecule has 2 aromatic rings. The summed E-state index contributed by atoms with van der Waals surface area (Å²) in [5.41, 5.74) is 3.48. The highest BCUT2D eigenvalue weighted by Gasteiger charge is 2.23. The zero-order valence-corrected chi connectivity index (χ0v) is 10.6. The van der Waals surface area contributed by atoms with Gasteiger partial charge in [-0.05, 0) is 44.2 Å². The van der Waals surface area contributed by atoms with Gasteiger partial charge in [-0.25, -0.2) is 9.36 Å². The van der Waals surface area contributed by atoms with E-state index >= 15 is 0 Å². The Kier molecular flexibility index (Phi) is 2.82. The van der Waals surface area contributed by atoms with Crippen LogP contribution in [0.25, 0.3) is 10.9 Å². The fourth-order valence-electron chi connectivity index (χ4n) is 2.89. The molecule has 0 bridgehead atoms. The Morgan fingerprint density at radius 2 is 2.06 bits per heavy atom. The molecule has 3 nitrogen and oxygen atoms in total. The Hall–Kier alpha value is -1.77. The summed E-state index contributed by atoms with van der Waals surface area (Å²) in [4.78, 5) is 12.1. The summed E-state index contributed by atoms with van der Waals surface area (Å²) < 4.78 is 6.96. The van der Waals surface area contributed by atoms with Crippen LogP contribution in [0.2, 0.25) is 0 Å². The minimum Gasteiger partial charge on any atom is -0.449 e. The average Bonchev–Trinajstić information content (AvgIpc) is 2.73. The first-order valence-electron chi connectivity index (χ1n) is 6.61. The number of benzene rings is 1. The molecule has 0 unspecified atom stereocenters. The maximum atomic E-state index is 12.1. The lowest BCUT2D eigenvalue weighted by atomic mass is 9.96. The molecule has 0 spiro atoms. The number of hydrogen-bond donors (Lipinski definition) is 0. The lowest BCUT2D eigenvalue weighted by Gasteiger charge is -2.14. The summed E-state index contributed by atoms with van der Waals surface area (Å²) in [5, 5.41) is 1.21. The standard InChI is InChI=1S/C15H17NO2/c1-2-18-15(17)16-13-9-5-3-7-11(13)12-8-4-6-10-14(12)16/h3,5,7,9H,2,4,6,8,10H2,1H3. The van der Waals surface area contributed by atoms with Gasteiger partial charge < -0.3 is 4.74 Å². The smallest absolute Gasteiger partial charge is 0.418 e. The Labute approximate surface area is 106 Å².